The molecule has 0 saturated carbocycles. The molecule has 1 unspecified atom stereocenters. The van der Waals surface area contributed by atoms with Gasteiger partial charge in [-0.3, -0.25) is 0 Å². The molecule has 13 heavy (non-hydrogen) atoms. The van der Waals surface area contributed by atoms with Crippen molar-refractivity contribution in [3.8, 4) is 0 Å². The minimum atomic E-state index is 0.523. The van der Waals surface area contributed by atoms with Crippen LogP contribution in [0, 0.1) is 5.92 Å². The predicted octanol–water partition coefficient (Wildman–Crippen LogP) is 3.20. The molecule has 0 saturated heterocycles. The van der Waals surface area contributed by atoms with E-state index in [-0.39, 0.29) is 0 Å². The van der Waals surface area contributed by atoms with Crippen molar-refractivity contribution in [2.45, 2.75) is 38.4 Å². The Morgan fingerprint density at radius 1 is 1.62 bits per heavy atom. The fraction of sp³-hybridized carbons (Fsp3) is 0.636. The van der Waals surface area contributed by atoms with Crippen LogP contribution in [0.25, 0.3) is 0 Å². The summed E-state index contributed by atoms with van der Waals surface area (Å²) in [5, 5.41) is 0.523. The van der Waals surface area contributed by atoms with Crippen LogP contribution in [-0.4, -0.2) is 11.2 Å². The number of hydrogen-bond acceptors (Lipinski definition) is 2. The maximum absolute atomic E-state index is 10.3. The molecule has 0 radical (unpaired) electrons. The van der Waals surface area contributed by atoms with E-state index in [1.54, 1.807) is 11.8 Å². The van der Waals surface area contributed by atoms with Crippen LogP contribution in [-0.2, 0) is 4.79 Å². The van der Waals surface area contributed by atoms with Gasteiger partial charge in [0.05, 0.1) is 4.91 Å². The summed E-state index contributed by atoms with van der Waals surface area (Å²) in [5.41, 5.74) is 0. The van der Waals surface area contributed by atoms with E-state index in [1.807, 2.05) is 12.0 Å². The highest BCUT2D eigenvalue weighted by atomic mass is 32.2. The number of thioether (sulfide) groups is 1. The van der Waals surface area contributed by atoms with E-state index in [0.29, 0.717) is 5.25 Å². The highest BCUT2D eigenvalue weighted by molar-refractivity contribution is 8.04. The minimum absolute atomic E-state index is 0.523. The molecule has 0 aliphatic carbocycles. The van der Waals surface area contributed by atoms with Gasteiger partial charge in [-0.05, 0) is 18.4 Å². The van der Waals surface area contributed by atoms with Gasteiger partial charge in [0.15, 0.2) is 0 Å². The van der Waals surface area contributed by atoms with Gasteiger partial charge in [-0.25, -0.2) is 4.79 Å². The molecule has 0 bridgehead atoms. The van der Waals surface area contributed by atoms with Gasteiger partial charge in [-0.15, -0.1) is 11.8 Å². The molecule has 1 nitrogen and oxygen atoms in total. The summed E-state index contributed by atoms with van der Waals surface area (Å²) in [6.45, 7) is 4.49. The van der Waals surface area contributed by atoms with Crippen molar-refractivity contribution in [2.75, 3.05) is 0 Å². The third-order valence-electron chi connectivity index (χ3n) is 2.11. The molecule has 0 aromatic rings. The summed E-state index contributed by atoms with van der Waals surface area (Å²) in [7, 11) is 0. The topological polar surface area (TPSA) is 17.1 Å². The molecule has 0 spiro atoms. The van der Waals surface area contributed by atoms with E-state index >= 15 is 0 Å². The van der Waals surface area contributed by atoms with Gasteiger partial charge < -0.3 is 0 Å². The Morgan fingerprint density at radius 2 is 2.38 bits per heavy atom. The Hall–Kier alpha value is -0.460. The van der Waals surface area contributed by atoms with Gasteiger partial charge in [0.2, 0.25) is 0 Å². The van der Waals surface area contributed by atoms with E-state index in [9.17, 15) is 4.79 Å². The van der Waals surface area contributed by atoms with Crippen molar-refractivity contribution in [2.24, 2.45) is 5.92 Å². The van der Waals surface area contributed by atoms with Crippen LogP contribution in [0.3, 0.4) is 0 Å². The molecule has 1 atom stereocenters. The van der Waals surface area contributed by atoms with Crippen molar-refractivity contribution >= 4 is 17.7 Å². The monoisotopic (exact) mass is 196 g/mol. The van der Waals surface area contributed by atoms with Gasteiger partial charge in [0.1, 0.15) is 5.94 Å². The maximum Gasteiger partial charge on any atom is 0.139 e. The molecule has 1 heterocycles. The Morgan fingerprint density at radius 3 is 2.92 bits per heavy atom. The van der Waals surface area contributed by atoms with Crippen LogP contribution in [0.15, 0.2) is 17.1 Å². The lowest BCUT2D eigenvalue weighted by atomic mass is 10.1. The summed E-state index contributed by atoms with van der Waals surface area (Å²) < 4.78 is 0. The van der Waals surface area contributed by atoms with E-state index in [2.05, 4.69) is 19.9 Å². The van der Waals surface area contributed by atoms with Crippen LogP contribution in [0.4, 0.5) is 0 Å². The lowest BCUT2D eigenvalue weighted by Crippen LogP contribution is -1.96. The average molecular weight is 196 g/mol. The van der Waals surface area contributed by atoms with Crippen molar-refractivity contribution in [3.63, 3.8) is 0 Å². The Balaban J connectivity index is 2.19. The van der Waals surface area contributed by atoms with Gasteiger partial charge >= 0.3 is 0 Å². The van der Waals surface area contributed by atoms with Crippen LogP contribution in [0.2, 0.25) is 0 Å². The van der Waals surface area contributed by atoms with Gasteiger partial charge in [-0.2, -0.15) is 0 Å². The molecule has 1 aliphatic heterocycles. The smallest absolute Gasteiger partial charge is 0.139 e. The maximum atomic E-state index is 10.3. The Kier molecular flexibility index (Phi) is 4.34. The number of hydrogen-bond donors (Lipinski definition) is 0. The van der Waals surface area contributed by atoms with E-state index in [4.69, 9.17) is 0 Å². The lowest BCUT2D eigenvalue weighted by Gasteiger charge is -2.07. The fourth-order valence-electron chi connectivity index (χ4n) is 1.38. The standard InChI is InChI=1S/C11H16OS/c1-9(2)4-3-5-10-6-7-11(8-12)13-10/h6-7,9-10H,3-5H2,1-2H3. The van der Waals surface area contributed by atoms with E-state index in [0.717, 1.165) is 10.8 Å². The van der Waals surface area contributed by atoms with Gasteiger partial charge in [0, 0.05) is 5.25 Å². The molecule has 1 rings (SSSR count). The van der Waals surface area contributed by atoms with Crippen molar-refractivity contribution in [3.05, 3.63) is 17.1 Å². The summed E-state index contributed by atoms with van der Waals surface area (Å²) >= 11 is 1.64. The highest BCUT2D eigenvalue weighted by Crippen LogP contribution is 2.32. The number of carbonyl (C=O) groups excluding carboxylic acids is 1. The second kappa shape index (κ2) is 5.31. The predicted molar refractivity (Wildman–Crippen MR) is 58.4 cm³/mol. The zero-order chi connectivity index (χ0) is 9.68. The van der Waals surface area contributed by atoms with Crippen LogP contribution < -0.4 is 0 Å². The molecule has 2 heteroatoms. The molecule has 1 aliphatic rings. The zero-order valence-corrected chi connectivity index (χ0v) is 9.06. The summed E-state index contributed by atoms with van der Waals surface area (Å²) in [4.78, 5) is 11.1. The molecular formula is C11H16OS. The quantitative estimate of drug-likeness (QED) is 0.642. The summed E-state index contributed by atoms with van der Waals surface area (Å²) in [6.07, 6.45) is 7.73. The van der Waals surface area contributed by atoms with Gasteiger partial charge in [-0.1, -0.05) is 32.8 Å². The van der Waals surface area contributed by atoms with Gasteiger partial charge in [0.25, 0.3) is 0 Å². The molecule has 0 fully saturated rings. The lowest BCUT2D eigenvalue weighted by molar-refractivity contribution is 0.543. The third kappa shape index (κ3) is 3.84. The Labute approximate surface area is 84.3 Å². The second-order valence-electron chi connectivity index (χ2n) is 3.81. The SMILES string of the molecule is CC(C)CCCC1C=CC(=C=O)S1. The van der Waals surface area contributed by atoms with Crippen LogP contribution in [0.5, 0.6) is 0 Å². The molecule has 0 aromatic heterocycles. The first-order chi connectivity index (χ1) is 6.22. The van der Waals surface area contributed by atoms with Crippen LogP contribution in [0.1, 0.15) is 33.1 Å². The molecular weight excluding hydrogens is 180 g/mol. The number of allylic oxidation sites excluding steroid dienone is 1. The summed E-state index contributed by atoms with van der Waals surface area (Å²) in [6, 6.07) is 0. The first-order valence-corrected chi connectivity index (χ1v) is 5.70. The van der Waals surface area contributed by atoms with Crippen LogP contribution >= 0.6 is 11.8 Å². The fourth-order valence-corrected chi connectivity index (χ4v) is 2.35. The largest absolute Gasteiger partial charge is 0.232 e. The van der Waals surface area contributed by atoms with E-state index in [1.165, 1.54) is 19.3 Å². The van der Waals surface area contributed by atoms with Crippen molar-refractivity contribution in [1.29, 1.82) is 0 Å². The number of rotatable bonds is 4. The molecule has 0 N–H and O–H groups in total. The molecule has 0 aromatic carbocycles. The molecule has 0 amide bonds. The average Bonchev–Trinajstić information content (AvgIpc) is 2.52. The minimum Gasteiger partial charge on any atom is -0.232 e. The third-order valence-corrected chi connectivity index (χ3v) is 3.28. The normalized spacial score (nSPS) is 21.2. The second-order valence-corrected chi connectivity index (χ2v) is 5.09. The van der Waals surface area contributed by atoms with Crippen molar-refractivity contribution < 1.29 is 4.79 Å². The van der Waals surface area contributed by atoms with E-state index < -0.39 is 0 Å². The zero-order valence-electron chi connectivity index (χ0n) is 8.25. The Bertz CT molecular complexity index is 236. The summed E-state index contributed by atoms with van der Waals surface area (Å²) in [5.74, 6) is 2.72. The van der Waals surface area contributed by atoms with Crippen molar-refractivity contribution in [1.82, 2.24) is 0 Å². The molecule has 72 valence electrons. The first-order valence-electron chi connectivity index (χ1n) is 4.82. The highest BCUT2D eigenvalue weighted by Gasteiger charge is 2.14. The first kappa shape index (κ1) is 10.6.